The van der Waals surface area contributed by atoms with Crippen LogP contribution in [0.1, 0.15) is 38.3 Å². The number of alkyl halides is 3. The van der Waals surface area contributed by atoms with Crippen LogP contribution in [0.15, 0.2) is 35.1 Å². The molecule has 9 heteroatoms. The SMILES string of the molecule is CCCCCC(=O)N[C@H](Nc1c(C)n(C)n(-c2ccccc2)c1=O)C(Cl)(Cl)Cl. The van der Waals surface area contributed by atoms with Crippen LogP contribution < -0.4 is 16.2 Å². The van der Waals surface area contributed by atoms with Crippen LogP contribution >= 0.6 is 34.8 Å². The number of nitrogens with one attached hydrogen (secondary N) is 2. The molecular formula is C19H25Cl3N4O2. The maximum absolute atomic E-state index is 13.0. The highest BCUT2D eigenvalue weighted by molar-refractivity contribution is 6.68. The number of anilines is 1. The van der Waals surface area contributed by atoms with Gasteiger partial charge in [0.2, 0.25) is 9.70 Å². The van der Waals surface area contributed by atoms with Gasteiger partial charge in [-0.3, -0.25) is 14.3 Å². The molecule has 6 nitrogen and oxygen atoms in total. The summed E-state index contributed by atoms with van der Waals surface area (Å²) in [7, 11) is 1.77. The van der Waals surface area contributed by atoms with Crippen molar-refractivity contribution in [2.45, 2.75) is 49.5 Å². The van der Waals surface area contributed by atoms with E-state index in [4.69, 9.17) is 34.8 Å². The molecule has 2 aromatic rings. The predicted molar refractivity (Wildman–Crippen MR) is 116 cm³/mol. The zero-order valence-corrected chi connectivity index (χ0v) is 18.4. The molecule has 2 N–H and O–H groups in total. The van der Waals surface area contributed by atoms with Gasteiger partial charge in [0.05, 0.1) is 11.4 Å². The van der Waals surface area contributed by atoms with Crippen LogP contribution in [0.2, 0.25) is 0 Å². The lowest BCUT2D eigenvalue weighted by Crippen LogP contribution is -2.49. The number of carbonyl (C=O) groups excluding carboxylic acids is 1. The van der Waals surface area contributed by atoms with Gasteiger partial charge in [0, 0.05) is 13.5 Å². The number of rotatable bonds is 8. The van der Waals surface area contributed by atoms with Crippen LogP contribution in [0.3, 0.4) is 0 Å². The first-order valence-electron chi connectivity index (χ1n) is 9.13. The van der Waals surface area contributed by atoms with E-state index in [9.17, 15) is 9.59 Å². The summed E-state index contributed by atoms with van der Waals surface area (Å²) in [6, 6.07) is 9.21. The van der Waals surface area contributed by atoms with E-state index >= 15 is 0 Å². The molecule has 0 unspecified atom stereocenters. The van der Waals surface area contributed by atoms with Crippen molar-refractivity contribution in [3.63, 3.8) is 0 Å². The molecule has 0 fully saturated rings. The first kappa shape index (κ1) is 22.7. The molecule has 0 aliphatic rings. The Kier molecular flexibility index (Phi) is 7.87. The van der Waals surface area contributed by atoms with Crippen molar-refractivity contribution >= 4 is 46.4 Å². The number of aromatic nitrogens is 2. The van der Waals surface area contributed by atoms with E-state index in [0.717, 1.165) is 19.3 Å². The molecule has 0 bridgehead atoms. The molecule has 0 spiro atoms. The molecule has 1 heterocycles. The average Bonchev–Trinajstić information content (AvgIpc) is 2.84. The largest absolute Gasteiger partial charge is 0.356 e. The summed E-state index contributed by atoms with van der Waals surface area (Å²) < 4.78 is 1.38. The monoisotopic (exact) mass is 446 g/mol. The Bertz CT molecular complexity index is 857. The fourth-order valence-electron chi connectivity index (χ4n) is 2.85. The molecule has 0 aliphatic carbocycles. The maximum atomic E-state index is 13.0. The van der Waals surface area contributed by atoms with Gasteiger partial charge in [-0.25, -0.2) is 4.68 Å². The molecule has 154 valence electrons. The van der Waals surface area contributed by atoms with Gasteiger partial charge in [0.25, 0.3) is 5.56 Å². The van der Waals surface area contributed by atoms with Gasteiger partial charge in [-0.2, -0.15) is 0 Å². The van der Waals surface area contributed by atoms with E-state index in [0.29, 0.717) is 17.8 Å². The maximum Gasteiger partial charge on any atom is 0.295 e. The summed E-state index contributed by atoms with van der Waals surface area (Å²) >= 11 is 18.2. The topological polar surface area (TPSA) is 68.1 Å². The Morgan fingerprint density at radius 3 is 2.39 bits per heavy atom. The number of para-hydroxylation sites is 1. The van der Waals surface area contributed by atoms with Crippen LogP contribution in [0.25, 0.3) is 5.69 Å². The first-order chi connectivity index (χ1) is 13.2. The van der Waals surface area contributed by atoms with E-state index in [1.165, 1.54) is 4.68 Å². The van der Waals surface area contributed by atoms with Gasteiger partial charge in [-0.05, 0) is 25.5 Å². The number of hydrogen-bond acceptors (Lipinski definition) is 3. The summed E-state index contributed by atoms with van der Waals surface area (Å²) in [5.74, 6) is -0.241. The highest BCUT2D eigenvalue weighted by Gasteiger charge is 2.35. The number of carbonyl (C=O) groups is 1. The van der Waals surface area contributed by atoms with Crippen LogP contribution in [-0.4, -0.2) is 25.2 Å². The number of halogens is 3. The van der Waals surface area contributed by atoms with E-state index in [2.05, 4.69) is 17.6 Å². The third-order valence-corrected chi connectivity index (χ3v) is 5.14. The van der Waals surface area contributed by atoms with Crippen LogP contribution in [-0.2, 0) is 11.8 Å². The minimum atomic E-state index is -1.84. The second-order valence-corrected chi connectivity index (χ2v) is 8.95. The lowest BCUT2D eigenvalue weighted by Gasteiger charge is -2.27. The highest BCUT2D eigenvalue weighted by atomic mass is 35.6. The van der Waals surface area contributed by atoms with Crippen molar-refractivity contribution in [3.8, 4) is 5.69 Å². The average molecular weight is 448 g/mol. The van der Waals surface area contributed by atoms with Crippen LogP contribution in [0, 0.1) is 6.92 Å². The van der Waals surface area contributed by atoms with Crippen molar-refractivity contribution in [2.75, 3.05) is 5.32 Å². The lowest BCUT2D eigenvalue weighted by molar-refractivity contribution is -0.121. The highest BCUT2D eigenvalue weighted by Crippen LogP contribution is 2.31. The van der Waals surface area contributed by atoms with Gasteiger partial charge in [-0.1, -0.05) is 72.8 Å². The molecular weight excluding hydrogens is 423 g/mol. The van der Waals surface area contributed by atoms with Crippen LogP contribution in [0.4, 0.5) is 5.69 Å². The molecule has 28 heavy (non-hydrogen) atoms. The molecule has 2 rings (SSSR count). The van der Waals surface area contributed by atoms with Crippen molar-refractivity contribution in [2.24, 2.45) is 7.05 Å². The standard InChI is InChI=1S/C19H25Cl3N4O2/c1-4-5-7-12-15(27)23-18(19(20,21)22)24-16-13(2)25(3)26(17(16)28)14-10-8-6-9-11-14/h6,8-11,18,24H,4-5,7,12H2,1-3H3,(H,23,27)/t18-/m1/s1. The predicted octanol–water partition coefficient (Wildman–Crippen LogP) is 4.29. The van der Waals surface area contributed by atoms with Gasteiger partial charge in [0.15, 0.2) is 0 Å². The van der Waals surface area contributed by atoms with Crippen molar-refractivity contribution in [3.05, 3.63) is 46.4 Å². The number of nitrogens with zero attached hydrogens (tertiary/aromatic N) is 2. The summed E-state index contributed by atoms with van der Waals surface area (Å²) in [5.41, 5.74) is 1.32. The summed E-state index contributed by atoms with van der Waals surface area (Å²) in [6.45, 7) is 3.83. The molecule has 1 aromatic carbocycles. The molecule has 1 amide bonds. The smallest absolute Gasteiger partial charge is 0.295 e. The van der Waals surface area contributed by atoms with Crippen molar-refractivity contribution in [1.82, 2.24) is 14.7 Å². The van der Waals surface area contributed by atoms with Gasteiger partial charge in [-0.15, -0.1) is 0 Å². The Balaban J connectivity index is 2.30. The third kappa shape index (κ3) is 5.46. The van der Waals surface area contributed by atoms with Gasteiger partial charge in [0.1, 0.15) is 11.9 Å². The lowest BCUT2D eigenvalue weighted by atomic mass is 10.2. The number of amides is 1. The normalized spacial score (nSPS) is 12.6. The van der Waals surface area contributed by atoms with Crippen LogP contribution in [0.5, 0.6) is 0 Å². The quantitative estimate of drug-likeness (QED) is 0.360. The fraction of sp³-hybridized carbons (Fsp3) is 0.474. The number of benzene rings is 1. The van der Waals surface area contributed by atoms with Gasteiger partial charge >= 0.3 is 0 Å². The Labute approximate surface area is 179 Å². The number of unbranched alkanes of at least 4 members (excludes halogenated alkanes) is 2. The van der Waals surface area contributed by atoms with Crippen molar-refractivity contribution in [1.29, 1.82) is 0 Å². The fourth-order valence-corrected chi connectivity index (χ4v) is 3.17. The summed E-state index contributed by atoms with van der Waals surface area (Å²) in [5, 5.41) is 5.61. The Morgan fingerprint density at radius 1 is 1.18 bits per heavy atom. The summed E-state index contributed by atoms with van der Waals surface area (Å²) in [4.78, 5) is 25.2. The Morgan fingerprint density at radius 2 is 1.82 bits per heavy atom. The van der Waals surface area contributed by atoms with E-state index < -0.39 is 9.96 Å². The first-order valence-corrected chi connectivity index (χ1v) is 10.3. The summed E-state index contributed by atoms with van der Waals surface area (Å²) in [6.07, 6.45) is 1.97. The van der Waals surface area contributed by atoms with Crippen molar-refractivity contribution < 1.29 is 4.79 Å². The molecule has 1 aromatic heterocycles. The van der Waals surface area contributed by atoms with Gasteiger partial charge < -0.3 is 10.6 Å². The minimum Gasteiger partial charge on any atom is -0.356 e. The Hall–Kier alpha value is -1.63. The molecule has 1 atom stereocenters. The van der Waals surface area contributed by atoms with E-state index in [1.807, 2.05) is 30.3 Å². The second kappa shape index (κ2) is 9.72. The zero-order valence-electron chi connectivity index (χ0n) is 16.1. The molecule has 0 aliphatic heterocycles. The minimum absolute atomic E-state index is 0.241. The molecule has 0 saturated carbocycles. The number of hydrogen-bond donors (Lipinski definition) is 2. The van der Waals surface area contributed by atoms with E-state index in [1.54, 1.807) is 18.7 Å². The molecule has 0 saturated heterocycles. The second-order valence-electron chi connectivity index (χ2n) is 6.58. The zero-order chi connectivity index (χ0) is 20.9. The molecule has 0 radical (unpaired) electrons. The third-order valence-electron chi connectivity index (χ3n) is 4.48. The van der Waals surface area contributed by atoms with E-state index in [-0.39, 0.29) is 17.2 Å².